The number of esters is 1. The zero-order valence-corrected chi connectivity index (χ0v) is 16.1. The first-order valence-electron chi connectivity index (χ1n) is 7.94. The SMILES string of the molecule is COC(=O)c1ccc(S(=O)(=O)N(C)Cc2ccccc2OC(F)(F)F)c(C)c1. The number of aryl methyl sites for hydroxylation is 1. The maximum absolute atomic E-state index is 12.9. The van der Waals surface area contributed by atoms with Gasteiger partial charge in [-0.25, -0.2) is 13.2 Å². The minimum absolute atomic E-state index is 0.0507. The van der Waals surface area contributed by atoms with Crippen molar-refractivity contribution in [1.82, 2.24) is 4.31 Å². The first-order chi connectivity index (χ1) is 13.0. The van der Waals surface area contributed by atoms with Gasteiger partial charge in [0.05, 0.1) is 17.6 Å². The number of para-hydroxylation sites is 1. The zero-order chi connectivity index (χ0) is 21.1. The van der Waals surface area contributed by atoms with E-state index in [1.54, 1.807) is 0 Å². The molecule has 0 atom stereocenters. The summed E-state index contributed by atoms with van der Waals surface area (Å²) in [5.41, 5.74) is 0.537. The molecule has 152 valence electrons. The van der Waals surface area contributed by atoms with Gasteiger partial charge in [0.1, 0.15) is 5.75 Å². The van der Waals surface area contributed by atoms with Crippen LogP contribution in [-0.2, 0) is 21.3 Å². The second-order valence-electron chi connectivity index (χ2n) is 5.89. The lowest BCUT2D eigenvalue weighted by Crippen LogP contribution is -2.28. The number of alkyl halides is 3. The lowest BCUT2D eigenvalue weighted by molar-refractivity contribution is -0.274. The maximum Gasteiger partial charge on any atom is 0.573 e. The average molecular weight is 417 g/mol. The number of halogens is 3. The fourth-order valence-corrected chi connectivity index (χ4v) is 3.89. The Morgan fingerprint density at radius 2 is 1.79 bits per heavy atom. The second-order valence-corrected chi connectivity index (χ2v) is 7.90. The van der Waals surface area contributed by atoms with Crippen molar-refractivity contribution < 1.29 is 35.9 Å². The van der Waals surface area contributed by atoms with Crippen LogP contribution < -0.4 is 4.74 Å². The fourth-order valence-electron chi connectivity index (χ4n) is 2.54. The number of nitrogens with zero attached hydrogens (tertiary/aromatic N) is 1. The topological polar surface area (TPSA) is 72.9 Å². The number of benzene rings is 2. The third-order valence-electron chi connectivity index (χ3n) is 3.88. The number of hydrogen-bond donors (Lipinski definition) is 0. The molecule has 0 aromatic heterocycles. The summed E-state index contributed by atoms with van der Waals surface area (Å²) in [5, 5.41) is 0. The van der Waals surface area contributed by atoms with Crippen molar-refractivity contribution >= 4 is 16.0 Å². The molecule has 0 spiro atoms. The van der Waals surface area contributed by atoms with Gasteiger partial charge < -0.3 is 9.47 Å². The lowest BCUT2D eigenvalue weighted by atomic mass is 10.1. The van der Waals surface area contributed by atoms with E-state index in [0.29, 0.717) is 5.56 Å². The molecule has 0 saturated heterocycles. The summed E-state index contributed by atoms with van der Waals surface area (Å²) in [6, 6.07) is 9.23. The predicted molar refractivity (Wildman–Crippen MR) is 94.3 cm³/mol. The number of carbonyl (C=O) groups excluding carboxylic acids is 1. The van der Waals surface area contributed by atoms with Crippen molar-refractivity contribution in [2.75, 3.05) is 14.2 Å². The van der Waals surface area contributed by atoms with Crippen LogP contribution in [-0.4, -0.2) is 39.2 Å². The smallest absolute Gasteiger partial charge is 0.465 e. The number of ether oxygens (including phenoxy) is 2. The van der Waals surface area contributed by atoms with Crippen LogP contribution in [0.15, 0.2) is 47.4 Å². The van der Waals surface area contributed by atoms with Crippen LogP contribution in [0.2, 0.25) is 0 Å². The third kappa shape index (κ3) is 5.02. The lowest BCUT2D eigenvalue weighted by Gasteiger charge is -2.21. The predicted octanol–water partition coefficient (Wildman–Crippen LogP) is 3.50. The normalized spacial score (nSPS) is 12.1. The molecule has 2 aromatic rings. The summed E-state index contributed by atoms with van der Waals surface area (Å²) in [5.74, 6) is -1.09. The highest BCUT2D eigenvalue weighted by atomic mass is 32.2. The van der Waals surface area contributed by atoms with Crippen molar-refractivity contribution in [3.63, 3.8) is 0 Å². The van der Waals surface area contributed by atoms with Gasteiger partial charge in [-0.3, -0.25) is 0 Å². The van der Waals surface area contributed by atoms with Crippen LogP contribution in [0.4, 0.5) is 13.2 Å². The van der Waals surface area contributed by atoms with E-state index in [1.807, 2.05) is 0 Å². The second kappa shape index (κ2) is 8.19. The van der Waals surface area contributed by atoms with Gasteiger partial charge in [0.15, 0.2) is 0 Å². The summed E-state index contributed by atoms with van der Waals surface area (Å²) in [7, 11) is -1.58. The molecule has 0 radical (unpaired) electrons. The van der Waals surface area contributed by atoms with Gasteiger partial charge in [-0.15, -0.1) is 13.2 Å². The first-order valence-corrected chi connectivity index (χ1v) is 9.38. The first kappa shape index (κ1) is 21.7. The molecule has 0 heterocycles. The van der Waals surface area contributed by atoms with Crippen LogP contribution in [0.1, 0.15) is 21.5 Å². The molecular formula is C18H18F3NO5S. The van der Waals surface area contributed by atoms with Gasteiger partial charge in [0, 0.05) is 19.2 Å². The molecule has 6 nitrogen and oxygen atoms in total. The highest BCUT2D eigenvalue weighted by Crippen LogP contribution is 2.29. The largest absolute Gasteiger partial charge is 0.573 e. The maximum atomic E-state index is 12.9. The van der Waals surface area contributed by atoms with Crippen molar-refractivity contribution in [1.29, 1.82) is 0 Å². The van der Waals surface area contributed by atoms with Gasteiger partial charge in [-0.2, -0.15) is 4.31 Å². The van der Waals surface area contributed by atoms with E-state index in [4.69, 9.17) is 0 Å². The summed E-state index contributed by atoms with van der Waals surface area (Å²) in [6.07, 6.45) is -4.89. The van der Waals surface area contributed by atoms with E-state index in [1.165, 1.54) is 57.5 Å². The molecule has 0 aliphatic carbocycles. The van der Waals surface area contributed by atoms with Gasteiger partial charge >= 0.3 is 12.3 Å². The number of carbonyl (C=O) groups is 1. The monoisotopic (exact) mass is 417 g/mol. The fraction of sp³-hybridized carbons (Fsp3) is 0.278. The summed E-state index contributed by atoms with van der Waals surface area (Å²) < 4.78 is 72.8. The minimum Gasteiger partial charge on any atom is -0.465 e. The molecule has 10 heteroatoms. The van der Waals surface area contributed by atoms with Gasteiger partial charge in [0.25, 0.3) is 0 Å². The van der Waals surface area contributed by atoms with Crippen LogP contribution >= 0.6 is 0 Å². The Balaban J connectivity index is 2.32. The molecule has 0 N–H and O–H groups in total. The molecule has 0 aliphatic heterocycles. The van der Waals surface area contributed by atoms with Gasteiger partial charge in [-0.05, 0) is 36.8 Å². The zero-order valence-electron chi connectivity index (χ0n) is 15.3. The van der Waals surface area contributed by atoms with E-state index in [0.717, 1.165) is 10.4 Å². The summed E-state index contributed by atoms with van der Waals surface area (Å²) >= 11 is 0. The van der Waals surface area contributed by atoms with Crippen molar-refractivity contribution in [2.45, 2.75) is 24.7 Å². The van der Waals surface area contributed by atoms with Crippen molar-refractivity contribution in [2.24, 2.45) is 0 Å². The Kier molecular flexibility index (Phi) is 6.35. The summed E-state index contributed by atoms with van der Waals surface area (Å²) in [6.45, 7) is 1.17. The van der Waals surface area contributed by atoms with E-state index in [-0.39, 0.29) is 22.6 Å². The average Bonchev–Trinajstić information content (AvgIpc) is 2.61. The van der Waals surface area contributed by atoms with Crippen molar-refractivity contribution in [3.8, 4) is 5.75 Å². The minimum atomic E-state index is -4.89. The Hall–Kier alpha value is -2.59. The standard InChI is InChI=1S/C18H18F3NO5S/c1-12-10-13(17(23)26-3)8-9-16(12)28(24,25)22(2)11-14-6-4-5-7-15(14)27-18(19,20)21/h4-10H,11H2,1-3H3. The molecule has 2 aromatic carbocycles. The molecule has 0 unspecified atom stereocenters. The van der Waals surface area contributed by atoms with Crippen LogP contribution in [0, 0.1) is 6.92 Å². The molecule has 0 fully saturated rings. The number of methoxy groups -OCH3 is 1. The number of sulfonamides is 1. The van der Waals surface area contributed by atoms with Crippen LogP contribution in [0.3, 0.4) is 0 Å². The summed E-state index contributed by atoms with van der Waals surface area (Å²) in [4.78, 5) is 11.5. The molecule has 0 aliphatic rings. The van der Waals surface area contributed by atoms with Crippen LogP contribution in [0.5, 0.6) is 5.75 Å². The molecule has 0 saturated carbocycles. The van der Waals surface area contributed by atoms with E-state index in [2.05, 4.69) is 9.47 Å². The van der Waals surface area contributed by atoms with Gasteiger partial charge in [0.2, 0.25) is 10.0 Å². The Labute approximate surface area is 160 Å². The quantitative estimate of drug-likeness (QED) is 0.673. The molecule has 0 bridgehead atoms. The van der Waals surface area contributed by atoms with E-state index < -0.39 is 28.1 Å². The molecular weight excluding hydrogens is 399 g/mol. The Bertz CT molecular complexity index is 973. The number of rotatable bonds is 6. The van der Waals surface area contributed by atoms with E-state index >= 15 is 0 Å². The highest BCUT2D eigenvalue weighted by molar-refractivity contribution is 7.89. The molecule has 0 amide bonds. The third-order valence-corrected chi connectivity index (χ3v) is 5.84. The Morgan fingerprint density at radius 1 is 1.14 bits per heavy atom. The highest BCUT2D eigenvalue weighted by Gasteiger charge is 2.32. The van der Waals surface area contributed by atoms with Crippen LogP contribution in [0.25, 0.3) is 0 Å². The Morgan fingerprint density at radius 3 is 2.36 bits per heavy atom. The molecule has 28 heavy (non-hydrogen) atoms. The molecule has 2 rings (SSSR count). The van der Waals surface area contributed by atoms with Crippen molar-refractivity contribution in [3.05, 3.63) is 59.2 Å². The van der Waals surface area contributed by atoms with Gasteiger partial charge in [-0.1, -0.05) is 18.2 Å². The number of hydrogen-bond acceptors (Lipinski definition) is 5. The van der Waals surface area contributed by atoms with E-state index in [9.17, 15) is 26.4 Å².